The Morgan fingerprint density at radius 1 is 1.12 bits per heavy atom. The Morgan fingerprint density at radius 2 is 1.85 bits per heavy atom. The molecule has 26 heavy (non-hydrogen) atoms. The normalized spacial score (nSPS) is 19.4. The number of halogens is 2. The van der Waals surface area contributed by atoms with Gasteiger partial charge >= 0.3 is 12.1 Å². The van der Waals surface area contributed by atoms with Crippen molar-refractivity contribution in [3.8, 4) is 0 Å². The summed E-state index contributed by atoms with van der Waals surface area (Å²) in [6.07, 6.45) is -0.681. The molecule has 2 aromatic rings. The Morgan fingerprint density at radius 3 is 2.54 bits per heavy atom. The van der Waals surface area contributed by atoms with Gasteiger partial charge in [0.1, 0.15) is 18.2 Å². The van der Waals surface area contributed by atoms with Gasteiger partial charge in [0.2, 0.25) is 0 Å². The molecule has 1 saturated heterocycles. The van der Waals surface area contributed by atoms with E-state index in [1.165, 1.54) is 4.90 Å². The van der Waals surface area contributed by atoms with E-state index in [1.54, 1.807) is 12.1 Å². The van der Waals surface area contributed by atoms with Crippen LogP contribution in [0.3, 0.4) is 0 Å². The molecule has 136 valence electrons. The highest BCUT2D eigenvalue weighted by Gasteiger charge is 2.42. The first-order chi connectivity index (χ1) is 12.5. The number of carbonyl (C=O) groups excluding carboxylic acids is 1. The molecule has 0 aliphatic carbocycles. The zero-order valence-electron chi connectivity index (χ0n) is 13.8. The highest BCUT2D eigenvalue weighted by Crippen LogP contribution is 2.35. The molecule has 0 spiro atoms. The largest absolute Gasteiger partial charge is 0.481 e. The number of carboxylic acids is 1. The average Bonchev–Trinajstić information content (AvgIpc) is 3.08. The zero-order valence-corrected chi connectivity index (χ0v) is 13.8. The highest BCUT2D eigenvalue weighted by molar-refractivity contribution is 5.75. The van der Waals surface area contributed by atoms with E-state index in [0.717, 1.165) is 23.8 Å². The maximum absolute atomic E-state index is 14.1. The number of aliphatic carboxylic acids is 1. The molecule has 2 atom stereocenters. The minimum absolute atomic E-state index is 0.0456. The zero-order chi connectivity index (χ0) is 18.7. The van der Waals surface area contributed by atoms with E-state index in [1.807, 2.05) is 18.2 Å². The SMILES string of the molecule is O=C(O)[C@@H]1CN(C(=O)OCc2ccccc2)C[C@H]1c1cc(F)ccc1F. The lowest BCUT2D eigenvalue weighted by atomic mass is 9.88. The summed E-state index contributed by atoms with van der Waals surface area (Å²) in [5.41, 5.74) is 0.748. The second-order valence-corrected chi connectivity index (χ2v) is 6.16. The number of likely N-dealkylation sites (tertiary alicyclic amines) is 1. The Balaban J connectivity index is 1.73. The number of benzene rings is 2. The van der Waals surface area contributed by atoms with Gasteiger partial charge in [-0.15, -0.1) is 0 Å². The molecular weight excluding hydrogens is 344 g/mol. The van der Waals surface area contributed by atoms with Gasteiger partial charge in [-0.2, -0.15) is 0 Å². The predicted octanol–water partition coefficient (Wildman–Crippen LogP) is 3.40. The number of carbonyl (C=O) groups is 2. The van der Waals surface area contributed by atoms with Crippen molar-refractivity contribution in [2.24, 2.45) is 5.92 Å². The van der Waals surface area contributed by atoms with Crippen molar-refractivity contribution in [3.63, 3.8) is 0 Å². The second-order valence-electron chi connectivity index (χ2n) is 6.16. The minimum atomic E-state index is -1.17. The monoisotopic (exact) mass is 361 g/mol. The first-order valence-electron chi connectivity index (χ1n) is 8.09. The number of amides is 1. The Hall–Kier alpha value is -2.96. The molecule has 0 radical (unpaired) electrons. The van der Waals surface area contributed by atoms with Gasteiger partial charge in [-0.1, -0.05) is 30.3 Å². The van der Waals surface area contributed by atoms with Crippen LogP contribution >= 0.6 is 0 Å². The summed E-state index contributed by atoms with van der Waals surface area (Å²) in [5.74, 6) is -4.39. The van der Waals surface area contributed by atoms with Gasteiger partial charge in [-0.3, -0.25) is 4.79 Å². The lowest BCUT2D eigenvalue weighted by Crippen LogP contribution is -2.30. The van der Waals surface area contributed by atoms with Gasteiger partial charge < -0.3 is 14.7 Å². The van der Waals surface area contributed by atoms with E-state index < -0.39 is 35.5 Å². The van der Waals surface area contributed by atoms with E-state index >= 15 is 0 Å². The smallest absolute Gasteiger partial charge is 0.410 e. The van der Waals surface area contributed by atoms with Crippen LogP contribution in [0.5, 0.6) is 0 Å². The highest BCUT2D eigenvalue weighted by atomic mass is 19.1. The van der Waals surface area contributed by atoms with Gasteiger partial charge in [0.15, 0.2) is 0 Å². The molecule has 0 bridgehead atoms. The Kier molecular flexibility index (Phi) is 5.16. The van der Waals surface area contributed by atoms with E-state index in [2.05, 4.69) is 0 Å². The van der Waals surface area contributed by atoms with Gasteiger partial charge in [0.25, 0.3) is 0 Å². The lowest BCUT2D eigenvalue weighted by Gasteiger charge is -2.17. The van der Waals surface area contributed by atoms with Crippen LogP contribution in [0, 0.1) is 17.6 Å². The van der Waals surface area contributed by atoms with E-state index in [-0.39, 0.29) is 25.3 Å². The quantitative estimate of drug-likeness (QED) is 0.906. The van der Waals surface area contributed by atoms with E-state index in [9.17, 15) is 23.5 Å². The van der Waals surface area contributed by atoms with Gasteiger partial charge in [0.05, 0.1) is 5.92 Å². The summed E-state index contributed by atoms with van der Waals surface area (Å²) in [7, 11) is 0. The van der Waals surface area contributed by atoms with Crippen molar-refractivity contribution >= 4 is 12.1 Å². The van der Waals surface area contributed by atoms with Gasteiger partial charge in [0, 0.05) is 19.0 Å². The predicted molar refractivity (Wildman–Crippen MR) is 88.4 cm³/mol. The second kappa shape index (κ2) is 7.51. The van der Waals surface area contributed by atoms with Crippen molar-refractivity contribution in [2.75, 3.05) is 13.1 Å². The maximum atomic E-state index is 14.1. The van der Waals surface area contributed by atoms with Crippen LogP contribution in [0.1, 0.15) is 17.0 Å². The standard InChI is InChI=1S/C19H17F2NO4/c20-13-6-7-17(21)14(8-13)15-9-22(10-16(15)18(23)24)19(25)26-11-12-4-2-1-3-5-12/h1-8,15-16H,9-11H2,(H,23,24)/t15-,16+/m0/s1. The summed E-state index contributed by atoms with van der Waals surface area (Å²) in [4.78, 5) is 25.0. The van der Waals surface area contributed by atoms with Crippen LogP contribution in [0.25, 0.3) is 0 Å². The molecule has 1 amide bonds. The molecule has 1 aliphatic rings. The van der Waals surface area contributed by atoms with Crippen molar-refractivity contribution in [2.45, 2.75) is 12.5 Å². The van der Waals surface area contributed by atoms with Crippen LogP contribution in [0.4, 0.5) is 13.6 Å². The number of rotatable bonds is 4. The average molecular weight is 361 g/mol. The fourth-order valence-electron chi connectivity index (χ4n) is 3.13. The van der Waals surface area contributed by atoms with Crippen molar-refractivity contribution < 1.29 is 28.2 Å². The summed E-state index contributed by atoms with van der Waals surface area (Å²) >= 11 is 0. The minimum Gasteiger partial charge on any atom is -0.481 e. The third-order valence-corrected chi connectivity index (χ3v) is 4.46. The third-order valence-electron chi connectivity index (χ3n) is 4.46. The Labute approximate surface area is 148 Å². The number of nitrogens with zero attached hydrogens (tertiary/aromatic N) is 1. The molecule has 0 unspecified atom stereocenters. The molecule has 7 heteroatoms. The summed E-state index contributed by atoms with van der Waals surface area (Å²) in [5, 5.41) is 9.42. The molecule has 1 heterocycles. The number of ether oxygens (including phenoxy) is 1. The van der Waals surface area contributed by atoms with Crippen molar-refractivity contribution in [1.29, 1.82) is 0 Å². The maximum Gasteiger partial charge on any atom is 0.410 e. The van der Waals surface area contributed by atoms with Crippen molar-refractivity contribution in [1.82, 2.24) is 4.90 Å². The topological polar surface area (TPSA) is 66.8 Å². The first-order valence-corrected chi connectivity index (χ1v) is 8.09. The summed E-state index contributed by atoms with van der Waals surface area (Å²) < 4.78 is 32.7. The summed E-state index contributed by atoms with van der Waals surface area (Å²) in [6, 6.07) is 11.9. The fraction of sp³-hybridized carbons (Fsp3) is 0.263. The Bertz CT molecular complexity index is 812. The van der Waals surface area contributed by atoms with Crippen molar-refractivity contribution in [3.05, 3.63) is 71.3 Å². The molecule has 1 fully saturated rings. The van der Waals surface area contributed by atoms with Crippen LogP contribution in [0.2, 0.25) is 0 Å². The molecule has 3 rings (SSSR count). The number of hydrogen-bond donors (Lipinski definition) is 1. The van der Waals surface area contributed by atoms with Crippen LogP contribution in [-0.4, -0.2) is 35.2 Å². The van der Waals surface area contributed by atoms with Crippen LogP contribution in [-0.2, 0) is 16.1 Å². The van der Waals surface area contributed by atoms with Gasteiger partial charge in [-0.05, 0) is 29.3 Å². The molecule has 0 aromatic heterocycles. The van der Waals surface area contributed by atoms with E-state index in [4.69, 9.17) is 4.74 Å². The van der Waals surface area contributed by atoms with Crippen LogP contribution in [0.15, 0.2) is 48.5 Å². The molecule has 1 aliphatic heterocycles. The summed E-state index contributed by atoms with van der Waals surface area (Å²) in [6.45, 7) is -0.124. The molecular formula is C19H17F2NO4. The third kappa shape index (κ3) is 3.82. The molecule has 1 N–H and O–H groups in total. The lowest BCUT2D eigenvalue weighted by molar-refractivity contribution is -0.141. The molecule has 5 nitrogen and oxygen atoms in total. The van der Waals surface area contributed by atoms with E-state index in [0.29, 0.717) is 0 Å². The number of carboxylic acid groups (broad SMARTS) is 1. The van der Waals surface area contributed by atoms with Gasteiger partial charge in [-0.25, -0.2) is 13.6 Å². The molecule has 0 saturated carbocycles. The first kappa shape index (κ1) is 17.8. The fourth-order valence-corrected chi connectivity index (χ4v) is 3.13. The molecule has 2 aromatic carbocycles. The van der Waals surface area contributed by atoms with Crippen LogP contribution < -0.4 is 0 Å². The number of hydrogen-bond acceptors (Lipinski definition) is 3.